The van der Waals surface area contributed by atoms with Crippen molar-refractivity contribution >= 4 is 11.8 Å². The first kappa shape index (κ1) is 17.0. The molecule has 0 aliphatic heterocycles. The maximum atomic E-state index is 5.38. The SMILES string of the molecule is COc1cc(C(C)NCC(C)SC)cc(OC)c1OC. The van der Waals surface area contributed by atoms with Crippen molar-refractivity contribution in [3.05, 3.63) is 17.7 Å². The minimum Gasteiger partial charge on any atom is -0.493 e. The average molecular weight is 299 g/mol. The summed E-state index contributed by atoms with van der Waals surface area (Å²) in [6.45, 7) is 5.30. The van der Waals surface area contributed by atoms with E-state index >= 15 is 0 Å². The van der Waals surface area contributed by atoms with Crippen molar-refractivity contribution in [3.63, 3.8) is 0 Å². The van der Waals surface area contributed by atoms with Gasteiger partial charge in [-0.15, -0.1) is 0 Å². The van der Waals surface area contributed by atoms with Crippen molar-refractivity contribution < 1.29 is 14.2 Å². The van der Waals surface area contributed by atoms with Gasteiger partial charge < -0.3 is 19.5 Å². The molecule has 114 valence electrons. The van der Waals surface area contributed by atoms with E-state index in [1.54, 1.807) is 21.3 Å². The Labute approximate surface area is 126 Å². The molecule has 0 fully saturated rings. The molecule has 2 unspecified atom stereocenters. The van der Waals surface area contributed by atoms with Gasteiger partial charge >= 0.3 is 0 Å². The lowest BCUT2D eigenvalue weighted by atomic mass is 10.1. The molecule has 1 aromatic rings. The summed E-state index contributed by atoms with van der Waals surface area (Å²) in [7, 11) is 4.88. The molecule has 0 aliphatic rings. The van der Waals surface area contributed by atoms with Crippen LogP contribution in [0, 0.1) is 0 Å². The van der Waals surface area contributed by atoms with Gasteiger partial charge in [-0.05, 0) is 30.9 Å². The number of hydrogen-bond acceptors (Lipinski definition) is 5. The summed E-state index contributed by atoms with van der Waals surface area (Å²) in [5.74, 6) is 2.00. The topological polar surface area (TPSA) is 39.7 Å². The molecule has 0 radical (unpaired) electrons. The van der Waals surface area contributed by atoms with Crippen molar-refractivity contribution in [2.45, 2.75) is 25.1 Å². The Morgan fingerprint density at radius 2 is 1.60 bits per heavy atom. The third-order valence-electron chi connectivity index (χ3n) is 3.30. The van der Waals surface area contributed by atoms with E-state index in [0.717, 1.165) is 12.1 Å². The van der Waals surface area contributed by atoms with Gasteiger partial charge in [0, 0.05) is 17.8 Å². The maximum Gasteiger partial charge on any atom is 0.203 e. The molecule has 0 saturated heterocycles. The Hall–Kier alpha value is -1.07. The quantitative estimate of drug-likeness (QED) is 0.798. The zero-order valence-corrected chi connectivity index (χ0v) is 14.0. The number of ether oxygens (including phenoxy) is 3. The van der Waals surface area contributed by atoms with Crippen LogP contribution in [0.4, 0.5) is 0 Å². The number of methoxy groups -OCH3 is 3. The van der Waals surface area contributed by atoms with Crippen LogP contribution in [-0.2, 0) is 0 Å². The largest absolute Gasteiger partial charge is 0.493 e. The third-order valence-corrected chi connectivity index (χ3v) is 4.27. The number of benzene rings is 1. The third kappa shape index (κ3) is 4.21. The van der Waals surface area contributed by atoms with Crippen molar-refractivity contribution in [3.8, 4) is 17.2 Å². The first-order valence-corrected chi connectivity index (χ1v) is 7.92. The van der Waals surface area contributed by atoms with Crippen molar-refractivity contribution in [2.24, 2.45) is 0 Å². The van der Waals surface area contributed by atoms with Crippen LogP contribution in [0.15, 0.2) is 12.1 Å². The summed E-state index contributed by atoms with van der Waals surface area (Å²) >= 11 is 1.85. The van der Waals surface area contributed by atoms with E-state index in [9.17, 15) is 0 Å². The predicted octanol–water partition coefficient (Wildman–Crippen LogP) is 3.11. The molecule has 0 saturated carbocycles. The molecule has 1 aromatic carbocycles. The molecule has 0 spiro atoms. The van der Waals surface area contributed by atoms with E-state index in [1.807, 2.05) is 23.9 Å². The van der Waals surface area contributed by atoms with Crippen molar-refractivity contribution in [1.29, 1.82) is 0 Å². The summed E-state index contributed by atoms with van der Waals surface area (Å²) in [5, 5.41) is 4.10. The van der Waals surface area contributed by atoms with Gasteiger partial charge in [-0.25, -0.2) is 0 Å². The first-order chi connectivity index (χ1) is 9.57. The maximum absolute atomic E-state index is 5.38. The fourth-order valence-corrected chi connectivity index (χ4v) is 2.16. The normalized spacial score (nSPS) is 13.7. The summed E-state index contributed by atoms with van der Waals surface area (Å²) in [5.41, 5.74) is 1.12. The molecule has 0 bridgehead atoms. The Morgan fingerprint density at radius 1 is 1.05 bits per heavy atom. The first-order valence-electron chi connectivity index (χ1n) is 6.63. The molecule has 1 rings (SSSR count). The summed E-state index contributed by atoms with van der Waals surface area (Å²) in [4.78, 5) is 0. The minimum absolute atomic E-state index is 0.221. The van der Waals surface area contributed by atoms with Gasteiger partial charge in [0.2, 0.25) is 5.75 Å². The van der Waals surface area contributed by atoms with Crippen molar-refractivity contribution in [2.75, 3.05) is 34.1 Å². The Balaban J connectivity index is 2.94. The number of nitrogens with one attached hydrogen (secondary N) is 1. The highest BCUT2D eigenvalue weighted by atomic mass is 32.2. The highest BCUT2D eigenvalue weighted by molar-refractivity contribution is 7.99. The fraction of sp³-hybridized carbons (Fsp3) is 0.600. The van der Waals surface area contributed by atoms with E-state index in [-0.39, 0.29) is 6.04 Å². The summed E-state index contributed by atoms with van der Waals surface area (Å²) in [6, 6.07) is 4.20. The van der Waals surface area contributed by atoms with E-state index in [0.29, 0.717) is 22.5 Å². The summed E-state index contributed by atoms with van der Waals surface area (Å²) < 4.78 is 16.1. The molecular formula is C15H25NO3S. The molecular weight excluding hydrogens is 274 g/mol. The number of thioether (sulfide) groups is 1. The molecule has 20 heavy (non-hydrogen) atoms. The van der Waals surface area contributed by atoms with E-state index in [1.165, 1.54) is 0 Å². The lowest BCUT2D eigenvalue weighted by molar-refractivity contribution is 0.323. The van der Waals surface area contributed by atoms with Crippen LogP contribution < -0.4 is 19.5 Å². The second kappa shape index (κ2) is 8.27. The smallest absolute Gasteiger partial charge is 0.203 e. The highest BCUT2D eigenvalue weighted by Crippen LogP contribution is 2.39. The molecule has 0 aromatic heterocycles. The van der Waals surface area contributed by atoms with Crippen molar-refractivity contribution in [1.82, 2.24) is 5.32 Å². The zero-order valence-electron chi connectivity index (χ0n) is 13.1. The van der Waals surface area contributed by atoms with Crippen LogP contribution in [0.5, 0.6) is 17.2 Å². The van der Waals surface area contributed by atoms with Crippen LogP contribution in [0.25, 0.3) is 0 Å². The second-order valence-electron chi connectivity index (χ2n) is 4.63. The fourth-order valence-electron chi connectivity index (χ4n) is 1.90. The lowest BCUT2D eigenvalue weighted by Crippen LogP contribution is -2.25. The average Bonchev–Trinajstić information content (AvgIpc) is 2.50. The van der Waals surface area contributed by atoms with E-state index in [4.69, 9.17) is 14.2 Å². The van der Waals surface area contributed by atoms with Gasteiger partial charge in [-0.2, -0.15) is 11.8 Å². The number of rotatable bonds is 8. The summed E-state index contributed by atoms with van der Waals surface area (Å²) in [6.07, 6.45) is 2.12. The molecule has 0 aliphatic carbocycles. The van der Waals surface area contributed by atoms with Crippen LogP contribution >= 0.6 is 11.8 Å². The molecule has 2 atom stereocenters. The van der Waals surface area contributed by atoms with Gasteiger partial charge in [0.05, 0.1) is 21.3 Å². The Kier molecular flexibility index (Phi) is 7.02. The Morgan fingerprint density at radius 3 is 2.00 bits per heavy atom. The highest BCUT2D eigenvalue weighted by Gasteiger charge is 2.16. The van der Waals surface area contributed by atoms with Crippen LogP contribution in [0.2, 0.25) is 0 Å². The molecule has 0 amide bonds. The van der Waals surface area contributed by atoms with Crippen LogP contribution in [0.1, 0.15) is 25.5 Å². The van der Waals surface area contributed by atoms with Gasteiger partial charge in [-0.3, -0.25) is 0 Å². The number of hydrogen-bond donors (Lipinski definition) is 1. The minimum atomic E-state index is 0.221. The lowest BCUT2D eigenvalue weighted by Gasteiger charge is -2.20. The monoisotopic (exact) mass is 299 g/mol. The Bertz CT molecular complexity index is 401. The molecule has 5 heteroatoms. The van der Waals surface area contributed by atoms with Crippen LogP contribution in [0.3, 0.4) is 0 Å². The van der Waals surface area contributed by atoms with E-state index < -0.39 is 0 Å². The molecule has 4 nitrogen and oxygen atoms in total. The van der Waals surface area contributed by atoms with Gasteiger partial charge in [0.25, 0.3) is 0 Å². The van der Waals surface area contributed by atoms with Gasteiger partial charge in [0.1, 0.15) is 0 Å². The second-order valence-corrected chi connectivity index (χ2v) is 5.91. The predicted molar refractivity (Wildman–Crippen MR) is 85.5 cm³/mol. The molecule has 1 N–H and O–H groups in total. The van der Waals surface area contributed by atoms with Gasteiger partial charge in [0.15, 0.2) is 11.5 Å². The molecule has 0 heterocycles. The van der Waals surface area contributed by atoms with Gasteiger partial charge in [-0.1, -0.05) is 6.92 Å². The van der Waals surface area contributed by atoms with E-state index in [2.05, 4.69) is 25.4 Å². The zero-order chi connectivity index (χ0) is 15.1. The standard InChI is InChI=1S/C15H25NO3S/c1-10(20-6)9-16-11(2)12-7-13(17-3)15(19-5)14(8-12)18-4/h7-8,10-11,16H,9H2,1-6H3. The van der Waals surface area contributed by atoms with Crippen LogP contribution in [-0.4, -0.2) is 39.4 Å².